The molecule has 0 aliphatic carbocycles. The van der Waals surface area contributed by atoms with Gasteiger partial charge in [-0.25, -0.2) is 4.68 Å². The van der Waals surface area contributed by atoms with Crippen LogP contribution in [0.5, 0.6) is 0 Å². The maximum Gasteiger partial charge on any atom is 0.435 e. The molecule has 0 aliphatic heterocycles. The van der Waals surface area contributed by atoms with Gasteiger partial charge in [0, 0.05) is 11.3 Å². The normalized spacial score (nSPS) is 11.5. The fraction of sp³-hybridized carbons (Fsp3) is 0.0909. The van der Waals surface area contributed by atoms with Gasteiger partial charge >= 0.3 is 6.18 Å². The average Bonchev–Trinajstić information content (AvgIpc) is 3.38. The van der Waals surface area contributed by atoms with Crippen LogP contribution < -0.4 is 5.32 Å². The Hall–Kier alpha value is -3.39. The molecule has 152 valence electrons. The molecule has 0 radical (unpaired) electrons. The molecule has 0 saturated carbocycles. The second-order valence-electron chi connectivity index (χ2n) is 6.67. The minimum atomic E-state index is -4.54. The van der Waals surface area contributed by atoms with Crippen molar-refractivity contribution in [2.45, 2.75) is 13.1 Å². The molecule has 4 nitrogen and oxygen atoms in total. The molecule has 1 N–H and O–H groups in total. The summed E-state index contributed by atoms with van der Waals surface area (Å²) in [5, 5.41) is 8.34. The molecule has 2 heterocycles. The van der Waals surface area contributed by atoms with Crippen molar-refractivity contribution in [3.8, 4) is 16.3 Å². The van der Waals surface area contributed by atoms with Crippen molar-refractivity contribution in [3.05, 3.63) is 88.9 Å². The maximum absolute atomic E-state index is 13.2. The Morgan fingerprint density at radius 3 is 2.33 bits per heavy atom. The van der Waals surface area contributed by atoms with E-state index in [0.29, 0.717) is 27.5 Å². The van der Waals surface area contributed by atoms with Gasteiger partial charge < -0.3 is 5.32 Å². The number of carbonyl (C=O) groups is 1. The first-order chi connectivity index (χ1) is 14.3. The number of anilines is 1. The van der Waals surface area contributed by atoms with E-state index in [1.54, 1.807) is 53.9 Å². The van der Waals surface area contributed by atoms with E-state index >= 15 is 0 Å². The monoisotopic (exact) mass is 427 g/mol. The van der Waals surface area contributed by atoms with Crippen LogP contribution in [0, 0.1) is 6.92 Å². The topological polar surface area (TPSA) is 46.9 Å². The van der Waals surface area contributed by atoms with Crippen molar-refractivity contribution >= 4 is 22.9 Å². The third-order valence-electron chi connectivity index (χ3n) is 4.46. The standard InChI is InChI=1S/C22H16F3N3OS/c1-14-4-6-15(7-5-14)21(29)26-16-8-10-17(11-9-16)28-18(19-3-2-12-30-19)13-20(27-28)22(23,24)25/h2-13H,1H3,(H,26,29). The van der Waals surface area contributed by atoms with Gasteiger partial charge in [-0.05, 0) is 60.8 Å². The first kappa shape index (κ1) is 19.9. The zero-order valence-corrected chi connectivity index (χ0v) is 16.6. The number of alkyl halides is 3. The number of hydrogen-bond donors (Lipinski definition) is 1. The quantitative estimate of drug-likeness (QED) is 0.423. The van der Waals surface area contributed by atoms with E-state index in [1.165, 1.54) is 16.0 Å². The third kappa shape index (κ3) is 4.13. The number of nitrogens with one attached hydrogen (secondary N) is 1. The van der Waals surface area contributed by atoms with Crippen LogP contribution in [-0.2, 0) is 6.18 Å². The molecule has 8 heteroatoms. The summed E-state index contributed by atoms with van der Waals surface area (Å²) in [7, 11) is 0. The lowest BCUT2D eigenvalue weighted by atomic mass is 10.1. The van der Waals surface area contributed by atoms with Crippen molar-refractivity contribution in [1.29, 1.82) is 0 Å². The van der Waals surface area contributed by atoms with Crippen molar-refractivity contribution < 1.29 is 18.0 Å². The molecule has 0 unspecified atom stereocenters. The Bertz CT molecular complexity index is 1160. The Balaban J connectivity index is 1.62. The highest BCUT2D eigenvalue weighted by molar-refractivity contribution is 7.13. The Labute approximate surface area is 174 Å². The molecule has 1 amide bonds. The van der Waals surface area contributed by atoms with Gasteiger partial charge in [0.05, 0.1) is 16.3 Å². The molecular formula is C22H16F3N3OS. The minimum Gasteiger partial charge on any atom is -0.322 e. The van der Waals surface area contributed by atoms with Crippen LogP contribution in [0.15, 0.2) is 72.1 Å². The second-order valence-corrected chi connectivity index (χ2v) is 7.62. The van der Waals surface area contributed by atoms with Crippen LogP contribution in [0.2, 0.25) is 0 Å². The van der Waals surface area contributed by atoms with E-state index in [0.717, 1.165) is 11.6 Å². The molecule has 0 atom stereocenters. The van der Waals surface area contributed by atoms with Gasteiger partial charge in [0.25, 0.3) is 5.91 Å². The van der Waals surface area contributed by atoms with Crippen molar-refractivity contribution in [2.24, 2.45) is 0 Å². The highest BCUT2D eigenvalue weighted by Crippen LogP contribution is 2.34. The van der Waals surface area contributed by atoms with Crippen LogP contribution in [0.25, 0.3) is 16.3 Å². The number of thiophene rings is 1. The van der Waals surface area contributed by atoms with Crippen molar-refractivity contribution in [1.82, 2.24) is 9.78 Å². The number of halogens is 3. The highest BCUT2D eigenvalue weighted by atomic mass is 32.1. The number of rotatable bonds is 4. The molecule has 2 aromatic heterocycles. The average molecular weight is 427 g/mol. The maximum atomic E-state index is 13.2. The van der Waals surface area contributed by atoms with Crippen LogP contribution in [0.3, 0.4) is 0 Å². The molecule has 0 spiro atoms. The smallest absolute Gasteiger partial charge is 0.322 e. The molecule has 0 fully saturated rings. The largest absolute Gasteiger partial charge is 0.435 e. The summed E-state index contributed by atoms with van der Waals surface area (Å²) >= 11 is 1.33. The number of aromatic nitrogens is 2. The summed E-state index contributed by atoms with van der Waals surface area (Å²) < 4.78 is 40.9. The Kier molecular flexibility index (Phi) is 5.17. The zero-order valence-electron chi connectivity index (χ0n) is 15.8. The lowest BCUT2D eigenvalue weighted by Gasteiger charge is -2.09. The predicted octanol–water partition coefficient (Wildman–Crippen LogP) is 6.18. The number of benzene rings is 2. The van der Waals surface area contributed by atoms with Crippen LogP contribution >= 0.6 is 11.3 Å². The molecule has 4 aromatic rings. The number of carbonyl (C=O) groups excluding carboxylic acids is 1. The van der Waals surface area contributed by atoms with Gasteiger partial charge in [0.15, 0.2) is 5.69 Å². The van der Waals surface area contributed by atoms with Crippen LogP contribution in [-0.4, -0.2) is 15.7 Å². The summed E-state index contributed by atoms with van der Waals surface area (Å²) in [6.07, 6.45) is -4.54. The van der Waals surface area contributed by atoms with E-state index < -0.39 is 11.9 Å². The fourth-order valence-corrected chi connectivity index (χ4v) is 3.64. The van der Waals surface area contributed by atoms with Gasteiger partial charge in [-0.1, -0.05) is 23.8 Å². The lowest BCUT2D eigenvalue weighted by molar-refractivity contribution is -0.141. The van der Waals surface area contributed by atoms with E-state index in [-0.39, 0.29) is 5.91 Å². The predicted molar refractivity (Wildman–Crippen MR) is 111 cm³/mol. The van der Waals surface area contributed by atoms with E-state index in [9.17, 15) is 18.0 Å². The summed E-state index contributed by atoms with van der Waals surface area (Å²) in [6.45, 7) is 1.93. The van der Waals surface area contributed by atoms with Crippen molar-refractivity contribution in [3.63, 3.8) is 0 Å². The molecule has 0 aliphatic rings. The number of aryl methyl sites for hydroxylation is 1. The second kappa shape index (κ2) is 7.79. The molecular weight excluding hydrogens is 411 g/mol. The molecule has 2 aromatic carbocycles. The zero-order chi connectivity index (χ0) is 21.3. The summed E-state index contributed by atoms with van der Waals surface area (Å²) in [5.74, 6) is -0.263. The molecule has 4 rings (SSSR count). The van der Waals surface area contributed by atoms with Gasteiger partial charge in [0.1, 0.15) is 0 Å². The van der Waals surface area contributed by atoms with E-state index in [4.69, 9.17) is 0 Å². The number of hydrogen-bond acceptors (Lipinski definition) is 3. The number of nitrogens with zero attached hydrogens (tertiary/aromatic N) is 2. The SMILES string of the molecule is Cc1ccc(C(=O)Nc2ccc(-n3nc(C(F)(F)F)cc3-c3cccs3)cc2)cc1. The van der Waals surface area contributed by atoms with E-state index in [2.05, 4.69) is 10.4 Å². The highest BCUT2D eigenvalue weighted by Gasteiger charge is 2.35. The van der Waals surface area contributed by atoms with Gasteiger partial charge in [0.2, 0.25) is 0 Å². The van der Waals surface area contributed by atoms with Crippen LogP contribution in [0.1, 0.15) is 21.6 Å². The third-order valence-corrected chi connectivity index (χ3v) is 5.35. The summed E-state index contributed by atoms with van der Waals surface area (Å²) in [4.78, 5) is 13.0. The van der Waals surface area contributed by atoms with Gasteiger partial charge in [-0.2, -0.15) is 18.3 Å². The molecule has 30 heavy (non-hydrogen) atoms. The minimum absolute atomic E-state index is 0.263. The Morgan fingerprint density at radius 2 is 1.73 bits per heavy atom. The molecule has 0 bridgehead atoms. The summed E-state index contributed by atoms with van der Waals surface area (Å²) in [5.41, 5.74) is 1.96. The number of amides is 1. The molecule has 0 saturated heterocycles. The van der Waals surface area contributed by atoms with Crippen molar-refractivity contribution in [2.75, 3.05) is 5.32 Å². The van der Waals surface area contributed by atoms with Gasteiger partial charge in [-0.3, -0.25) is 4.79 Å². The fourth-order valence-electron chi connectivity index (χ4n) is 2.91. The van der Waals surface area contributed by atoms with E-state index in [1.807, 2.05) is 19.1 Å². The summed E-state index contributed by atoms with van der Waals surface area (Å²) in [6, 6.07) is 18.2. The Morgan fingerprint density at radius 1 is 1.03 bits per heavy atom. The van der Waals surface area contributed by atoms with Crippen LogP contribution in [0.4, 0.5) is 18.9 Å². The lowest BCUT2D eigenvalue weighted by Crippen LogP contribution is -2.12. The first-order valence-electron chi connectivity index (χ1n) is 9.01. The van der Waals surface area contributed by atoms with Gasteiger partial charge in [-0.15, -0.1) is 11.3 Å². The first-order valence-corrected chi connectivity index (χ1v) is 9.89.